The van der Waals surface area contributed by atoms with Crippen molar-refractivity contribution in [1.29, 1.82) is 0 Å². The standard InChI is InChI=1S/C22H21NOS/c24-21-14-19-17(13-22(21)25-18-9-5-2-6-10-18)11-12-23-15-20(19)16-7-3-1-4-8-16/h1-10,13-14,20,23-24H,11-12,15H2. The van der Waals surface area contributed by atoms with Crippen LogP contribution in [0, 0.1) is 0 Å². The van der Waals surface area contributed by atoms with Crippen LogP contribution in [0.1, 0.15) is 22.6 Å². The summed E-state index contributed by atoms with van der Waals surface area (Å²) in [4.78, 5) is 2.07. The van der Waals surface area contributed by atoms with Crippen LogP contribution in [0.4, 0.5) is 0 Å². The summed E-state index contributed by atoms with van der Waals surface area (Å²) >= 11 is 1.62. The molecule has 0 radical (unpaired) electrons. The van der Waals surface area contributed by atoms with Crippen LogP contribution in [0.2, 0.25) is 0 Å². The molecule has 0 aromatic heterocycles. The summed E-state index contributed by atoms with van der Waals surface area (Å²) in [7, 11) is 0. The van der Waals surface area contributed by atoms with Gasteiger partial charge in [0, 0.05) is 17.4 Å². The van der Waals surface area contributed by atoms with E-state index >= 15 is 0 Å². The lowest BCUT2D eigenvalue weighted by Gasteiger charge is -2.19. The first-order valence-corrected chi connectivity index (χ1v) is 9.47. The molecule has 1 aliphatic heterocycles. The Kier molecular flexibility index (Phi) is 4.77. The molecule has 25 heavy (non-hydrogen) atoms. The molecule has 3 aromatic rings. The van der Waals surface area contributed by atoms with Gasteiger partial charge in [-0.1, -0.05) is 60.3 Å². The molecule has 0 spiro atoms. The monoisotopic (exact) mass is 347 g/mol. The number of phenolic OH excluding ortho intramolecular Hbond substituents is 1. The third kappa shape index (κ3) is 3.58. The van der Waals surface area contributed by atoms with Gasteiger partial charge in [0.2, 0.25) is 0 Å². The Morgan fingerprint density at radius 1 is 0.920 bits per heavy atom. The molecule has 1 unspecified atom stereocenters. The van der Waals surface area contributed by atoms with Crippen molar-refractivity contribution >= 4 is 11.8 Å². The van der Waals surface area contributed by atoms with Crippen LogP contribution in [0.25, 0.3) is 0 Å². The third-order valence-electron chi connectivity index (χ3n) is 4.69. The van der Waals surface area contributed by atoms with Crippen molar-refractivity contribution in [2.24, 2.45) is 0 Å². The molecule has 4 rings (SSSR count). The average Bonchev–Trinajstić information content (AvgIpc) is 2.86. The lowest BCUT2D eigenvalue weighted by molar-refractivity contribution is 0.461. The molecular formula is C22H21NOS. The zero-order chi connectivity index (χ0) is 17.1. The molecule has 1 heterocycles. The third-order valence-corrected chi connectivity index (χ3v) is 5.74. The molecule has 2 nitrogen and oxygen atoms in total. The molecule has 1 atom stereocenters. The molecule has 0 fully saturated rings. The fourth-order valence-electron chi connectivity index (χ4n) is 3.43. The van der Waals surface area contributed by atoms with Gasteiger partial charge in [0.25, 0.3) is 0 Å². The zero-order valence-corrected chi connectivity index (χ0v) is 14.8. The quantitative estimate of drug-likeness (QED) is 0.712. The van der Waals surface area contributed by atoms with E-state index in [0.29, 0.717) is 5.75 Å². The number of fused-ring (bicyclic) bond motifs is 1. The van der Waals surface area contributed by atoms with Gasteiger partial charge in [0.1, 0.15) is 5.75 Å². The van der Waals surface area contributed by atoms with Gasteiger partial charge in [-0.05, 0) is 53.9 Å². The molecule has 0 bridgehead atoms. The van der Waals surface area contributed by atoms with Crippen LogP contribution in [0.3, 0.4) is 0 Å². The average molecular weight is 347 g/mol. The molecule has 1 aliphatic rings. The summed E-state index contributed by atoms with van der Waals surface area (Å²) in [5, 5.41) is 14.2. The van der Waals surface area contributed by atoms with E-state index < -0.39 is 0 Å². The molecule has 0 amide bonds. The molecule has 0 saturated carbocycles. The molecule has 3 aromatic carbocycles. The lowest BCUT2D eigenvalue weighted by atomic mass is 9.88. The number of phenols is 1. The number of benzene rings is 3. The maximum absolute atomic E-state index is 10.6. The van der Waals surface area contributed by atoms with Crippen molar-refractivity contribution in [2.45, 2.75) is 22.1 Å². The maximum Gasteiger partial charge on any atom is 0.129 e. The van der Waals surface area contributed by atoms with Gasteiger partial charge in [-0.25, -0.2) is 0 Å². The summed E-state index contributed by atoms with van der Waals surface area (Å²) in [6.45, 7) is 1.87. The topological polar surface area (TPSA) is 32.3 Å². The minimum Gasteiger partial charge on any atom is -0.507 e. The fourth-order valence-corrected chi connectivity index (χ4v) is 4.34. The number of hydrogen-bond acceptors (Lipinski definition) is 3. The minimum absolute atomic E-state index is 0.278. The lowest BCUT2D eigenvalue weighted by Crippen LogP contribution is -2.20. The largest absolute Gasteiger partial charge is 0.507 e. The first kappa shape index (κ1) is 16.2. The van der Waals surface area contributed by atoms with Crippen molar-refractivity contribution in [3.8, 4) is 5.75 Å². The van der Waals surface area contributed by atoms with Crippen molar-refractivity contribution in [2.75, 3.05) is 13.1 Å². The van der Waals surface area contributed by atoms with Crippen molar-refractivity contribution in [3.05, 3.63) is 89.5 Å². The Labute approximate surface area is 152 Å². The first-order chi connectivity index (χ1) is 12.3. The Bertz CT molecular complexity index is 849. The second-order valence-corrected chi connectivity index (χ2v) is 7.47. The Hall–Kier alpha value is -2.23. The normalized spacial score (nSPS) is 16.9. The van der Waals surface area contributed by atoms with E-state index in [1.807, 2.05) is 30.3 Å². The highest BCUT2D eigenvalue weighted by Gasteiger charge is 2.22. The van der Waals surface area contributed by atoms with Gasteiger partial charge in [-0.2, -0.15) is 0 Å². The predicted octanol–water partition coefficient (Wildman–Crippen LogP) is 4.82. The molecule has 0 aliphatic carbocycles. The van der Waals surface area contributed by atoms with Gasteiger partial charge in [-0.15, -0.1) is 0 Å². The Morgan fingerprint density at radius 3 is 2.40 bits per heavy atom. The van der Waals surface area contributed by atoms with Crippen molar-refractivity contribution < 1.29 is 5.11 Å². The second kappa shape index (κ2) is 7.34. The van der Waals surface area contributed by atoms with Crippen LogP contribution in [0.15, 0.2) is 82.6 Å². The molecule has 0 saturated heterocycles. The highest BCUT2D eigenvalue weighted by molar-refractivity contribution is 7.99. The van der Waals surface area contributed by atoms with Crippen LogP contribution in [0.5, 0.6) is 5.75 Å². The van der Waals surface area contributed by atoms with E-state index in [1.165, 1.54) is 16.7 Å². The second-order valence-electron chi connectivity index (χ2n) is 6.35. The zero-order valence-electron chi connectivity index (χ0n) is 14.0. The molecule has 126 valence electrons. The molecule has 2 N–H and O–H groups in total. The number of nitrogens with one attached hydrogen (secondary N) is 1. The summed E-state index contributed by atoms with van der Waals surface area (Å²) in [6.07, 6.45) is 0.987. The van der Waals surface area contributed by atoms with Gasteiger partial charge < -0.3 is 10.4 Å². The fraction of sp³-hybridized carbons (Fsp3) is 0.182. The highest BCUT2D eigenvalue weighted by atomic mass is 32.2. The SMILES string of the molecule is Oc1cc2c(cc1Sc1ccccc1)CCNCC2c1ccccc1. The Balaban J connectivity index is 1.72. The molecule has 3 heteroatoms. The maximum atomic E-state index is 10.6. The first-order valence-electron chi connectivity index (χ1n) is 8.65. The van der Waals surface area contributed by atoms with Gasteiger partial charge in [0.05, 0.1) is 4.90 Å². The van der Waals surface area contributed by atoms with Gasteiger partial charge in [0.15, 0.2) is 0 Å². The Morgan fingerprint density at radius 2 is 1.64 bits per heavy atom. The smallest absolute Gasteiger partial charge is 0.129 e. The van der Waals surface area contributed by atoms with E-state index in [-0.39, 0.29) is 5.92 Å². The van der Waals surface area contributed by atoms with Crippen LogP contribution in [-0.2, 0) is 6.42 Å². The summed E-state index contributed by atoms with van der Waals surface area (Å²) in [5.74, 6) is 0.649. The number of hydrogen-bond donors (Lipinski definition) is 2. The summed E-state index contributed by atoms with van der Waals surface area (Å²) in [5.41, 5.74) is 3.86. The molecular weight excluding hydrogens is 326 g/mol. The number of rotatable bonds is 3. The van der Waals surface area contributed by atoms with E-state index in [0.717, 1.165) is 29.3 Å². The van der Waals surface area contributed by atoms with E-state index in [1.54, 1.807) is 11.8 Å². The van der Waals surface area contributed by atoms with Crippen LogP contribution >= 0.6 is 11.8 Å². The van der Waals surface area contributed by atoms with E-state index in [2.05, 4.69) is 47.8 Å². The number of aromatic hydroxyl groups is 1. The van der Waals surface area contributed by atoms with Gasteiger partial charge in [-0.3, -0.25) is 0 Å². The van der Waals surface area contributed by atoms with Crippen LogP contribution in [-0.4, -0.2) is 18.2 Å². The van der Waals surface area contributed by atoms with Crippen LogP contribution < -0.4 is 5.32 Å². The van der Waals surface area contributed by atoms with Crippen molar-refractivity contribution in [3.63, 3.8) is 0 Å². The highest BCUT2D eigenvalue weighted by Crippen LogP contribution is 2.39. The summed E-state index contributed by atoms with van der Waals surface area (Å²) in [6, 6.07) is 24.9. The van der Waals surface area contributed by atoms with E-state index in [4.69, 9.17) is 0 Å². The summed E-state index contributed by atoms with van der Waals surface area (Å²) < 4.78 is 0. The predicted molar refractivity (Wildman–Crippen MR) is 104 cm³/mol. The van der Waals surface area contributed by atoms with Crippen molar-refractivity contribution in [1.82, 2.24) is 5.32 Å². The minimum atomic E-state index is 0.278. The van der Waals surface area contributed by atoms with E-state index in [9.17, 15) is 5.11 Å². The van der Waals surface area contributed by atoms with Gasteiger partial charge >= 0.3 is 0 Å².